The molecule has 0 aliphatic carbocycles. The first kappa shape index (κ1) is 19.5. The summed E-state index contributed by atoms with van der Waals surface area (Å²) in [6, 6.07) is 11.5. The largest absolute Gasteiger partial charge is 0.364 e. The van der Waals surface area contributed by atoms with Crippen molar-refractivity contribution < 1.29 is 13.2 Å². The molecule has 2 aromatic heterocycles. The van der Waals surface area contributed by atoms with E-state index in [0.29, 0.717) is 37.1 Å². The highest BCUT2D eigenvalue weighted by Crippen LogP contribution is 2.34. The number of fused-ring (bicyclic) bond motifs is 1. The van der Waals surface area contributed by atoms with E-state index in [0.717, 1.165) is 16.6 Å². The molecule has 0 bridgehead atoms. The Kier molecular flexibility index (Phi) is 5.10. The Morgan fingerprint density at radius 1 is 1.24 bits per heavy atom. The zero-order valence-corrected chi connectivity index (χ0v) is 16.9. The number of primary amides is 1. The van der Waals surface area contributed by atoms with Crippen molar-refractivity contribution in [2.24, 2.45) is 5.73 Å². The second-order valence-corrected chi connectivity index (χ2v) is 9.45. The number of benzene rings is 1. The van der Waals surface area contributed by atoms with Gasteiger partial charge in [-0.3, -0.25) is 9.89 Å². The summed E-state index contributed by atoms with van der Waals surface area (Å²) in [7, 11) is -3.18. The molecule has 4 rings (SSSR count). The summed E-state index contributed by atoms with van der Waals surface area (Å²) in [6.07, 6.45) is 1.35. The molecular weight excluding hydrogens is 390 g/mol. The molecule has 152 valence electrons. The maximum absolute atomic E-state index is 12.1. The van der Waals surface area contributed by atoms with Crippen molar-refractivity contribution in [2.45, 2.75) is 25.7 Å². The summed E-state index contributed by atoms with van der Waals surface area (Å²) in [5.74, 6) is -0.414. The van der Waals surface area contributed by atoms with Crippen LogP contribution in [0.1, 0.15) is 41.9 Å². The molecule has 1 fully saturated rings. The van der Waals surface area contributed by atoms with Crippen LogP contribution in [0.25, 0.3) is 22.2 Å². The van der Waals surface area contributed by atoms with E-state index in [1.807, 2.05) is 36.4 Å². The van der Waals surface area contributed by atoms with Crippen molar-refractivity contribution in [3.63, 3.8) is 0 Å². The topological polar surface area (TPSA) is 122 Å². The Balaban J connectivity index is 1.73. The number of sulfonamides is 1. The van der Waals surface area contributed by atoms with E-state index in [1.54, 1.807) is 11.2 Å². The lowest BCUT2D eigenvalue weighted by Gasteiger charge is -2.30. The van der Waals surface area contributed by atoms with E-state index in [-0.39, 0.29) is 17.4 Å². The summed E-state index contributed by atoms with van der Waals surface area (Å²) in [6.45, 7) is 2.59. The van der Waals surface area contributed by atoms with Gasteiger partial charge in [0.2, 0.25) is 10.0 Å². The van der Waals surface area contributed by atoms with Crippen molar-refractivity contribution in [1.29, 1.82) is 0 Å². The number of pyridine rings is 1. The number of aromatic nitrogens is 3. The molecule has 3 N–H and O–H groups in total. The first-order chi connectivity index (χ1) is 13.9. The lowest BCUT2D eigenvalue weighted by atomic mass is 9.92. The number of piperidine rings is 1. The molecule has 0 spiro atoms. The van der Waals surface area contributed by atoms with Crippen LogP contribution in [0.15, 0.2) is 36.4 Å². The number of hydrogen-bond acceptors (Lipinski definition) is 5. The van der Waals surface area contributed by atoms with Crippen LogP contribution in [-0.4, -0.2) is 52.7 Å². The molecule has 0 unspecified atom stereocenters. The SMILES string of the molecule is CCS(=O)(=O)N1CCC(c2n[nH]c3c(C(N)=O)nc(-c4ccccc4)cc23)CC1. The van der Waals surface area contributed by atoms with Crippen LogP contribution < -0.4 is 5.73 Å². The number of carbonyl (C=O) groups is 1. The molecule has 1 aliphatic rings. The zero-order valence-electron chi connectivity index (χ0n) is 16.1. The number of aromatic amines is 1. The third-order valence-corrected chi connectivity index (χ3v) is 7.37. The summed E-state index contributed by atoms with van der Waals surface area (Å²) < 4.78 is 25.8. The maximum Gasteiger partial charge on any atom is 0.269 e. The molecule has 3 heterocycles. The zero-order chi connectivity index (χ0) is 20.6. The predicted octanol–water partition coefficient (Wildman–Crippen LogP) is 2.25. The minimum atomic E-state index is -3.18. The Morgan fingerprint density at radius 2 is 1.93 bits per heavy atom. The minimum Gasteiger partial charge on any atom is -0.364 e. The van der Waals surface area contributed by atoms with Gasteiger partial charge in [-0.05, 0) is 25.8 Å². The number of nitrogens with one attached hydrogen (secondary N) is 1. The molecule has 9 heteroatoms. The third kappa shape index (κ3) is 3.63. The van der Waals surface area contributed by atoms with Gasteiger partial charge in [-0.15, -0.1) is 0 Å². The van der Waals surface area contributed by atoms with E-state index in [2.05, 4.69) is 15.2 Å². The van der Waals surface area contributed by atoms with Gasteiger partial charge in [0.25, 0.3) is 5.91 Å². The summed E-state index contributed by atoms with van der Waals surface area (Å²) in [5, 5.41) is 8.19. The number of nitrogens with zero attached hydrogens (tertiary/aromatic N) is 3. The Bertz CT molecular complexity index is 1150. The van der Waals surface area contributed by atoms with Crippen molar-refractivity contribution >= 4 is 26.8 Å². The van der Waals surface area contributed by atoms with Gasteiger partial charge in [-0.2, -0.15) is 5.10 Å². The fourth-order valence-corrected chi connectivity index (χ4v) is 5.01. The number of rotatable bonds is 5. The smallest absolute Gasteiger partial charge is 0.269 e. The molecule has 29 heavy (non-hydrogen) atoms. The highest BCUT2D eigenvalue weighted by Gasteiger charge is 2.30. The molecule has 1 aliphatic heterocycles. The first-order valence-corrected chi connectivity index (χ1v) is 11.2. The second-order valence-electron chi connectivity index (χ2n) is 7.19. The summed E-state index contributed by atoms with van der Waals surface area (Å²) in [4.78, 5) is 16.5. The van der Waals surface area contributed by atoms with E-state index >= 15 is 0 Å². The van der Waals surface area contributed by atoms with Crippen LogP contribution in [0.5, 0.6) is 0 Å². The minimum absolute atomic E-state index is 0.0961. The number of carbonyl (C=O) groups excluding carboxylic acids is 1. The molecule has 1 amide bonds. The van der Waals surface area contributed by atoms with Crippen LogP contribution >= 0.6 is 0 Å². The van der Waals surface area contributed by atoms with E-state index < -0.39 is 15.9 Å². The Hall–Kier alpha value is -2.78. The molecule has 0 radical (unpaired) electrons. The average molecular weight is 414 g/mol. The van der Waals surface area contributed by atoms with E-state index in [1.165, 1.54) is 0 Å². The Labute approximate surface area is 169 Å². The van der Waals surface area contributed by atoms with Gasteiger partial charge >= 0.3 is 0 Å². The number of amides is 1. The number of nitrogens with two attached hydrogens (primary N) is 1. The number of H-pyrrole nitrogens is 1. The van der Waals surface area contributed by atoms with Gasteiger partial charge < -0.3 is 5.73 Å². The van der Waals surface area contributed by atoms with E-state index in [9.17, 15) is 13.2 Å². The molecular formula is C20H23N5O3S. The van der Waals surface area contributed by atoms with Crippen molar-refractivity contribution in [3.05, 3.63) is 47.8 Å². The van der Waals surface area contributed by atoms with Gasteiger partial charge in [-0.1, -0.05) is 30.3 Å². The van der Waals surface area contributed by atoms with Crippen LogP contribution in [0.3, 0.4) is 0 Å². The van der Waals surface area contributed by atoms with Gasteiger partial charge in [-0.25, -0.2) is 17.7 Å². The highest BCUT2D eigenvalue weighted by atomic mass is 32.2. The fraction of sp³-hybridized carbons (Fsp3) is 0.350. The van der Waals surface area contributed by atoms with Gasteiger partial charge in [0.1, 0.15) is 0 Å². The summed E-state index contributed by atoms with van der Waals surface area (Å²) in [5.41, 5.74) is 8.62. The molecule has 1 saturated heterocycles. The lowest BCUT2D eigenvalue weighted by Crippen LogP contribution is -2.38. The molecule has 8 nitrogen and oxygen atoms in total. The third-order valence-electron chi connectivity index (χ3n) is 5.49. The molecule has 0 saturated carbocycles. The van der Waals surface area contributed by atoms with Gasteiger partial charge in [0, 0.05) is 30.0 Å². The second kappa shape index (κ2) is 7.57. The normalized spacial score (nSPS) is 16.3. The van der Waals surface area contributed by atoms with Crippen LogP contribution in [0, 0.1) is 0 Å². The Morgan fingerprint density at radius 3 is 2.55 bits per heavy atom. The average Bonchev–Trinajstić information content (AvgIpc) is 3.17. The van der Waals surface area contributed by atoms with Crippen molar-refractivity contribution in [3.8, 4) is 11.3 Å². The van der Waals surface area contributed by atoms with Crippen molar-refractivity contribution in [1.82, 2.24) is 19.5 Å². The van der Waals surface area contributed by atoms with Crippen LogP contribution in [-0.2, 0) is 10.0 Å². The standard InChI is InChI=1S/C20H23N5O3S/c1-2-29(27,28)25-10-8-14(9-11-25)17-15-12-16(13-6-4-3-5-7-13)22-19(20(21)26)18(15)24-23-17/h3-7,12,14H,2,8-11H2,1H3,(H2,21,26)(H,23,24). The van der Waals surface area contributed by atoms with Crippen LogP contribution in [0.2, 0.25) is 0 Å². The van der Waals surface area contributed by atoms with Crippen molar-refractivity contribution in [2.75, 3.05) is 18.8 Å². The van der Waals surface area contributed by atoms with Crippen LogP contribution in [0.4, 0.5) is 0 Å². The molecule has 0 atom stereocenters. The monoisotopic (exact) mass is 413 g/mol. The summed E-state index contributed by atoms with van der Waals surface area (Å²) >= 11 is 0. The lowest BCUT2D eigenvalue weighted by molar-refractivity contribution is 0.0997. The predicted molar refractivity (Wildman–Crippen MR) is 111 cm³/mol. The van der Waals surface area contributed by atoms with Gasteiger partial charge in [0.15, 0.2) is 5.69 Å². The maximum atomic E-state index is 12.1. The van der Waals surface area contributed by atoms with E-state index in [4.69, 9.17) is 5.73 Å². The first-order valence-electron chi connectivity index (χ1n) is 9.62. The molecule has 1 aromatic carbocycles. The quantitative estimate of drug-likeness (QED) is 0.664. The number of hydrogen-bond donors (Lipinski definition) is 2. The highest BCUT2D eigenvalue weighted by molar-refractivity contribution is 7.89. The molecule has 3 aromatic rings. The van der Waals surface area contributed by atoms with Gasteiger partial charge in [0.05, 0.1) is 22.7 Å². The fourth-order valence-electron chi connectivity index (χ4n) is 3.87.